The molecule has 0 atom stereocenters. The zero-order chi connectivity index (χ0) is 13.8. The highest BCUT2D eigenvalue weighted by molar-refractivity contribution is 5.76. The number of nitrogen functional groups attached to an aromatic ring is 2. The first kappa shape index (κ1) is 13.1. The molecule has 2 rings (SSSR count). The predicted molar refractivity (Wildman–Crippen MR) is 78.4 cm³/mol. The molecule has 0 aliphatic carbocycles. The Bertz CT molecular complexity index is 582. The Kier molecular flexibility index (Phi) is 3.80. The summed E-state index contributed by atoms with van der Waals surface area (Å²) in [4.78, 5) is 0. The predicted octanol–water partition coefficient (Wildman–Crippen LogP) is 2.93. The van der Waals surface area contributed by atoms with Crippen LogP contribution in [-0.4, -0.2) is 13.7 Å². The van der Waals surface area contributed by atoms with Gasteiger partial charge in [0, 0.05) is 17.3 Å². The summed E-state index contributed by atoms with van der Waals surface area (Å²) in [5.74, 6) is 1.41. The number of ether oxygens (including phenoxy) is 2. The van der Waals surface area contributed by atoms with E-state index in [1.165, 1.54) is 0 Å². The van der Waals surface area contributed by atoms with Crippen molar-refractivity contribution >= 4 is 11.4 Å². The van der Waals surface area contributed by atoms with Gasteiger partial charge in [0.1, 0.15) is 11.5 Å². The zero-order valence-electron chi connectivity index (χ0n) is 11.1. The first-order chi connectivity index (χ1) is 9.15. The van der Waals surface area contributed by atoms with Crippen LogP contribution in [0.1, 0.15) is 6.92 Å². The first-order valence-corrected chi connectivity index (χ1v) is 6.12. The fourth-order valence-corrected chi connectivity index (χ4v) is 1.93. The molecule has 0 saturated heterocycles. The third kappa shape index (κ3) is 2.73. The van der Waals surface area contributed by atoms with E-state index in [1.807, 2.05) is 37.3 Å². The summed E-state index contributed by atoms with van der Waals surface area (Å²) in [6.07, 6.45) is 0. The van der Waals surface area contributed by atoms with E-state index in [-0.39, 0.29) is 0 Å². The minimum absolute atomic E-state index is 0.576. The van der Waals surface area contributed by atoms with E-state index in [2.05, 4.69) is 0 Å². The highest BCUT2D eigenvalue weighted by Gasteiger charge is 2.09. The number of hydrogen-bond donors (Lipinski definition) is 2. The molecule has 0 heterocycles. The van der Waals surface area contributed by atoms with Crippen LogP contribution >= 0.6 is 0 Å². The summed E-state index contributed by atoms with van der Waals surface area (Å²) in [5, 5.41) is 0. The summed E-state index contributed by atoms with van der Waals surface area (Å²) in [6, 6.07) is 11.2. The molecule has 0 fully saturated rings. The highest BCUT2D eigenvalue weighted by atomic mass is 16.5. The van der Waals surface area contributed by atoms with E-state index < -0.39 is 0 Å². The molecule has 0 spiro atoms. The molecule has 0 unspecified atom stereocenters. The van der Waals surface area contributed by atoms with Gasteiger partial charge in [0.25, 0.3) is 0 Å². The monoisotopic (exact) mass is 258 g/mol. The van der Waals surface area contributed by atoms with E-state index in [0.717, 1.165) is 16.9 Å². The van der Waals surface area contributed by atoms with Crippen LogP contribution in [0.15, 0.2) is 36.4 Å². The number of hydrogen-bond acceptors (Lipinski definition) is 4. The average molecular weight is 258 g/mol. The molecule has 0 aromatic heterocycles. The fraction of sp³-hybridized carbons (Fsp3) is 0.200. The van der Waals surface area contributed by atoms with Gasteiger partial charge in [-0.2, -0.15) is 0 Å². The van der Waals surface area contributed by atoms with Crippen molar-refractivity contribution < 1.29 is 9.47 Å². The Morgan fingerprint density at radius 2 is 1.79 bits per heavy atom. The summed E-state index contributed by atoms with van der Waals surface area (Å²) in [5.41, 5.74) is 14.9. The lowest BCUT2D eigenvalue weighted by Crippen LogP contribution is -1.97. The summed E-state index contributed by atoms with van der Waals surface area (Å²) in [7, 11) is 1.62. The maximum Gasteiger partial charge on any atom is 0.142 e. The minimum Gasteiger partial charge on any atom is -0.496 e. The Hall–Kier alpha value is -2.36. The van der Waals surface area contributed by atoms with E-state index in [1.54, 1.807) is 13.2 Å². The lowest BCUT2D eigenvalue weighted by atomic mass is 10.0. The van der Waals surface area contributed by atoms with Crippen molar-refractivity contribution in [2.45, 2.75) is 6.92 Å². The van der Waals surface area contributed by atoms with Crippen molar-refractivity contribution in [3.05, 3.63) is 36.4 Å². The van der Waals surface area contributed by atoms with Gasteiger partial charge in [-0.15, -0.1) is 0 Å². The number of nitrogens with two attached hydrogens (primary N) is 2. The van der Waals surface area contributed by atoms with Gasteiger partial charge in [-0.25, -0.2) is 0 Å². The molecule has 0 bridgehead atoms. The van der Waals surface area contributed by atoms with Gasteiger partial charge >= 0.3 is 0 Å². The summed E-state index contributed by atoms with van der Waals surface area (Å²) in [6.45, 7) is 2.50. The molecule has 0 aliphatic heterocycles. The second-order valence-electron chi connectivity index (χ2n) is 4.15. The van der Waals surface area contributed by atoms with Crippen LogP contribution in [0, 0.1) is 0 Å². The molecule has 100 valence electrons. The molecular formula is C15H18N2O2. The minimum atomic E-state index is 0.576. The van der Waals surface area contributed by atoms with Crippen molar-refractivity contribution in [2.24, 2.45) is 0 Å². The Morgan fingerprint density at radius 3 is 2.47 bits per heavy atom. The average Bonchev–Trinajstić information content (AvgIpc) is 2.41. The normalized spacial score (nSPS) is 10.2. The first-order valence-electron chi connectivity index (χ1n) is 6.12. The smallest absolute Gasteiger partial charge is 0.142 e. The lowest BCUT2D eigenvalue weighted by molar-refractivity contribution is 0.342. The van der Waals surface area contributed by atoms with Crippen LogP contribution in [-0.2, 0) is 0 Å². The lowest BCUT2D eigenvalue weighted by Gasteiger charge is -2.12. The van der Waals surface area contributed by atoms with Crippen LogP contribution in [0.2, 0.25) is 0 Å². The molecule has 0 amide bonds. The molecule has 0 saturated carbocycles. The van der Waals surface area contributed by atoms with E-state index in [0.29, 0.717) is 23.7 Å². The second kappa shape index (κ2) is 5.52. The van der Waals surface area contributed by atoms with Crippen LogP contribution in [0.4, 0.5) is 11.4 Å². The Labute approximate surface area is 112 Å². The number of rotatable bonds is 4. The van der Waals surface area contributed by atoms with Gasteiger partial charge in [0.2, 0.25) is 0 Å². The molecule has 0 radical (unpaired) electrons. The van der Waals surface area contributed by atoms with E-state index in [9.17, 15) is 0 Å². The van der Waals surface area contributed by atoms with Gasteiger partial charge in [-0.1, -0.05) is 6.07 Å². The summed E-state index contributed by atoms with van der Waals surface area (Å²) < 4.78 is 10.9. The van der Waals surface area contributed by atoms with Gasteiger partial charge in [0.05, 0.1) is 19.4 Å². The molecule has 4 nitrogen and oxygen atoms in total. The van der Waals surface area contributed by atoms with Gasteiger partial charge in [-0.3, -0.25) is 0 Å². The van der Waals surface area contributed by atoms with Gasteiger partial charge in [-0.05, 0) is 36.8 Å². The quantitative estimate of drug-likeness (QED) is 0.827. The molecule has 2 aromatic rings. The molecule has 19 heavy (non-hydrogen) atoms. The molecule has 4 heteroatoms. The number of methoxy groups -OCH3 is 1. The number of anilines is 2. The Balaban J connectivity index is 2.49. The SMILES string of the molecule is CCOc1cc(-c2ccc(N)cc2OC)ccc1N. The van der Waals surface area contributed by atoms with E-state index in [4.69, 9.17) is 20.9 Å². The molecular weight excluding hydrogens is 240 g/mol. The molecule has 0 aliphatic rings. The van der Waals surface area contributed by atoms with E-state index >= 15 is 0 Å². The van der Waals surface area contributed by atoms with Gasteiger partial charge < -0.3 is 20.9 Å². The maximum atomic E-state index is 5.87. The topological polar surface area (TPSA) is 70.5 Å². The Morgan fingerprint density at radius 1 is 1.00 bits per heavy atom. The van der Waals surface area contributed by atoms with Crippen molar-refractivity contribution in [1.29, 1.82) is 0 Å². The van der Waals surface area contributed by atoms with Gasteiger partial charge in [0.15, 0.2) is 0 Å². The third-order valence-corrected chi connectivity index (χ3v) is 2.85. The fourth-order valence-electron chi connectivity index (χ4n) is 1.93. The third-order valence-electron chi connectivity index (χ3n) is 2.85. The van der Waals surface area contributed by atoms with Crippen LogP contribution in [0.25, 0.3) is 11.1 Å². The van der Waals surface area contributed by atoms with Crippen LogP contribution < -0.4 is 20.9 Å². The molecule has 2 aromatic carbocycles. The standard InChI is InChI=1S/C15H18N2O2/c1-3-19-15-8-10(4-7-13(15)17)12-6-5-11(16)9-14(12)18-2/h4-9H,3,16-17H2,1-2H3. The van der Waals surface area contributed by atoms with Crippen LogP contribution in [0.5, 0.6) is 11.5 Å². The second-order valence-corrected chi connectivity index (χ2v) is 4.15. The van der Waals surface area contributed by atoms with Crippen molar-refractivity contribution in [3.63, 3.8) is 0 Å². The summed E-state index contributed by atoms with van der Waals surface area (Å²) >= 11 is 0. The highest BCUT2D eigenvalue weighted by Crippen LogP contribution is 2.35. The van der Waals surface area contributed by atoms with Crippen LogP contribution in [0.3, 0.4) is 0 Å². The number of benzene rings is 2. The van der Waals surface area contributed by atoms with Crippen molar-refractivity contribution in [2.75, 3.05) is 25.2 Å². The van der Waals surface area contributed by atoms with Crippen molar-refractivity contribution in [1.82, 2.24) is 0 Å². The molecule has 4 N–H and O–H groups in total. The maximum absolute atomic E-state index is 5.87. The van der Waals surface area contributed by atoms with Crippen molar-refractivity contribution in [3.8, 4) is 22.6 Å². The zero-order valence-corrected chi connectivity index (χ0v) is 11.1. The largest absolute Gasteiger partial charge is 0.496 e.